The molecule has 3 N–H and O–H groups in total. The normalized spacial score (nSPS) is 27.5. The van der Waals surface area contributed by atoms with Crippen molar-refractivity contribution in [2.75, 3.05) is 6.54 Å². The summed E-state index contributed by atoms with van der Waals surface area (Å²) in [7, 11) is 0. The largest absolute Gasteiger partial charge is 0.391 e. The first-order valence-corrected chi connectivity index (χ1v) is 8.10. The lowest BCUT2D eigenvalue weighted by Crippen LogP contribution is -2.64. The molecule has 0 saturated carbocycles. The second kappa shape index (κ2) is 6.41. The second-order valence-corrected chi connectivity index (χ2v) is 6.53. The van der Waals surface area contributed by atoms with Crippen molar-refractivity contribution >= 4 is 29.3 Å². The Morgan fingerprint density at radius 2 is 2.12 bits per heavy atom. The van der Waals surface area contributed by atoms with Gasteiger partial charge in [-0.15, -0.1) is 0 Å². The maximum Gasteiger partial charge on any atom is 0.253 e. The highest BCUT2D eigenvalue weighted by atomic mass is 35.5. The molecule has 0 aromatic heterocycles. The van der Waals surface area contributed by atoms with Crippen LogP contribution in [0.5, 0.6) is 0 Å². The van der Waals surface area contributed by atoms with Crippen molar-refractivity contribution in [3.05, 3.63) is 34.9 Å². The van der Waals surface area contributed by atoms with Crippen LogP contribution >= 0.6 is 11.6 Å². The lowest BCUT2D eigenvalue weighted by molar-refractivity contribution is -0.149. The van der Waals surface area contributed by atoms with Crippen molar-refractivity contribution in [1.29, 1.82) is 0 Å². The Hall–Kier alpha value is -2.12. The van der Waals surface area contributed by atoms with Crippen LogP contribution in [0.4, 0.5) is 0 Å². The first-order valence-electron chi connectivity index (χ1n) is 7.73. The van der Waals surface area contributed by atoms with E-state index in [2.05, 4.69) is 10.6 Å². The minimum Gasteiger partial charge on any atom is -0.391 e. The van der Waals surface area contributed by atoms with E-state index in [1.807, 2.05) is 0 Å². The summed E-state index contributed by atoms with van der Waals surface area (Å²) >= 11 is 6.01. The molecule has 2 heterocycles. The highest BCUT2D eigenvalue weighted by Gasteiger charge is 2.47. The van der Waals surface area contributed by atoms with Crippen LogP contribution in [0, 0.1) is 0 Å². The summed E-state index contributed by atoms with van der Waals surface area (Å²) in [6.45, 7) is 1.69. The van der Waals surface area contributed by atoms with E-state index in [0.717, 1.165) is 0 Å². The Bertz CT molecular complexity index is 694. The van der Waals surface area contributed by atoms with Gasteiger partial charge >= 0.3 is 0 Å². The Kier molecular flexibility index (Phi) is 4.47. The standard InChI is InChI=1S/C16H18ClN3O4/c1-8(21)13-16(24)20-7-9(6-12(20)15(23)19-13)18-14(22)10-4-2-3-5-11(10)17/h2-5,8-9,12-13,21H,6-7H2,1H3,(H,18,22)(H,19,23)/t8-,9-,12-,13+/m0/s1. The average Bonchev–Trinajstić information content (AvgIpc) is 2.95. The number of benzene rings is 1. The van der Waals surface area contributed by atoms with E-state index in [4.69, 9.17) is 11.6 Å². The summed E-state index contributed by atoms with van der Waals surface area (Å²) in [4.78, 5) is 38.3. The number of carbonyl (C=O) groups excluding carboxylic acids is 3. The predicted octanol–water partition coefficient (Wildman–Crippen LogP) is -0.0815. The molecule has 0 bridgehead atoms. The van der Waals surface area contributed by atoms with E-state index < -0.39 is 18.2 Å². The Morgan fingerprint density at radius 1 is 1.42 bits per heavy atom. The number of amides is 3. The van der Waals surface area contributed by atoms with Crippen LogP contribution < -0.4 is 10.6 Å². The number of fused-ring (bicyclic) bond motifs is 1. The Labute approximate surface area is 144 Å². The van der Waals surface area contributed by atoms with Crippen LogP contribution in [0.2, 0.25) is 5.02 Å². The van der Waals surface area contributed by atoms with E-state index >= 15 is 0 Å². The first-order chi connectivity index (χ1) is 11.4. The van der Waals surface area contributed by atoms with Gasteiger partial charge in [-0.3, -0.25) is 14.4 Å². The molecule has 24 heavy (non-hydrogen) atoms. The van der Waals surface area contributed by atoms with E-state index in [0.29, 0.717) is 17.0 Å². The lowest BCUT2D eigenvalue weighted by Gasteiger charge is -2.35. The van der Waals surface area contributed by atoms with Crippen LogP contribution in [-0.4, -0.2) is 58.5 Å². The third-order valence-corrected chi connectivity index (χ3v) is 4.72. The van der Waals surface area contributed by atoms with Crippen molar-refractivity contribution in [3.8, 4) is 0 Å². The fourth-order valence-corrected chi connectivity index (χ4v) is 3.38. The Morgan fingerprint density at radius 3 is 2.79 bits per heavy atom. The summed E-state index contributed by atoms with van der Waals surface area (Å²) in [5.41, 5.74) is 0.349. The van der Waals surface area contributed by atoms with Crippen molar-refractivity contribution in [2.24, 2.45) is 0 Å². The lowest BCUT2D eigenvalue weighted by atomic mass is 10.0. The average molecular weight is 352 g/mol. The zero-order valence-corrected chi connectivity index (χ0v) is 13.8. The third kappa shape index (κ3) is 2.97. The van der Waals surface area contributed by atoms with Gasteiger partial charge < -0.3 is 20.6 Å². The van der Waals surface area contributed by atoms with Crippen LogP contribution in [0.15, 0.2) is 24.3 Å². The molecule has 3 amide bonds. The monoisotopic (exact) mass is 351 g/mol. The molecule has 2 saturated heterocycles. The van der Waals surface area contributed by atoms with E-state index in [1.165, 1.54) is 11.8 Å². The van der Waals surface area contributed by atoms with Crippen LogP contribution in [0.3, 0.4) is 0 Å². The molecule has 7 nitrogen and oxygen atoms in total. The predicted molar refractivity (Wildman–Crippen MR) is 86.4 cm³/mol. The molecule has 4 atom stereocenters. The fourth-order valence-electron chi connectivity index (χ4n) is 3.16. The maximum absolute atomic E-state index is 12.4. The molecule has 1 aromatic rings. The zero-order chi connectivity index (χ0) is 17.4. The highest BCUT2D eigenvalue weighted by Crippen LogP contribution is 2.24. The fraction of sp³-hybridized carbons (Fsp3) is 0.438. The Balaban J connectivity index is 1.71. The number of hydrogen-bond donors (Lipinski definition) is 3. The van der Waals surface area contributed by atoms with Crippen molar-refractivity contribution in [3.63, 3.8) is 0 Å². The van der Waals surface area contributed by atoms with E-state index in [-0.39, 0.29) is 30.3 Å². The van der Waals surface area contributed by atoms with Crippen LogP contribution in [0.1, 0.15) is 23.7 Å². The SMILES string of the molecule is C[C@H](O)[C@H]1NC(=O)[C@@H]2C[C@H](NC(=O)c3ccccc3Cl)CN2C1=O. The van der Waals surface area contributed by atoms with Gasteiger partial charge in [0.15, 0.2) is 0 Å². The minimum absolute atomic E-state index is 0.232. The van der Waals surface area contributed by atoms with Gasteiger partial charge in [0.2, 0.25) is 11.8 Å². The number of nitrogens with one attached hydrogen (secondary N) is 2. The van der Waals surface area contributed by atoms with E-state index in [1.54, 1.807) is 24.3 Å². The quantitative estimate of drug-likeness (QED) is 0.709. The first kappa shape index (κ1) is 16.7. The number of rotatable bonds is 3. The molecule has 0 aliphatic carbocycles. The van der Waals surface area contributed by atoms with Gasteiger partial charge in [0.25, 0.3) is 5.91 Å². The molecule has 8 heteroatoms. The third-order valence-electron chi connectivity index (χ3n) is 4.39. The maximum atomic E-state index is 12.4. The van der Waals surface area contributed by atoms with Crippen LogP contribution in [-0.2, 0) is 9.59 Å². The van der Waals surface area contributed by atoms with Gasteiger partial charge in [0.05, 0.1) is 16.7 Å². The second-order valence-electron chi connectivity index (χ2n) is 6.12. The van der Waals surface area contributed by atoms with Crippen molar-refractivity contribution in [1.82, 2.24) is 15.5 Å². The summed E-state index contributed by atoms with van der Waals surface area (Å²) in [5, 5.41) is 15.3. The molecule has 128 valence electrons. The van der Waals surface area contributed by atoms with Gasteiger partial charge in [-0.25, -0.2) is 0 Å². The molecule has 1 aromatic carbocycles. The number of piperazine rings is 1. The van der Waals surface area contributed by atoms with Gasteiger partial charge in [0.1, 0.15) is 12.1 Å². The molecule has 3 rings (SSSR count). The zero-order valence-electron chi connectivity index (χ0n) is 13.0. The number of nitrogens with zero attached hydrogens (tertiary/aromatic N) is 1. The smallest absolute Gasteiger partial charge is 0.253 e. The number of halogens is 1. The molecule has 0 spiro atoms. The van der Waals surface area contributed by atoms with Crippen LogP contribution in [0.25, 0.3) is 0 Å². The summed E-state index contributed by atoms with van der Waals surface area (Å²) in [6.07, 6.45) is -0.639. The minimum atomic E-state index is -0.973. The van der Waals surface area contributed by atoms with Crippen molar-refractivity contribution < 1.29 is 19.5 Å². The van der Waals surface area contributed by atoms with Crippen molar-refractivity contribution in [2.45, 2.75) is 37.6 Å². The number of aliphatic hydroxyl groups excluding tert-OH is 1. The van der Waals surface area contributed by atoms with Gasteiger partial charge in [-0.05, 0) is 25.5 Å². The summed E-state index contributed by atoms with van der Waals surface area (Å²) in [6, 6.07) is 4.77. The topological polar surface area (TPSA) is 98.7 Å². The number of hydrogen-bond acceptors (Lipinski definition) is 4. The summed E-state index contributed by atoms with van der Waals surface area (Å²) in [5.74, 6) is -0.982. The van der Waals surface area contributed by atoms with Gasteiger partial charge in [0, 0.05) is 12.6 Å². The van der Waals surface area contributed by atoms with Gasteiger partial charge in [-0.2, -0.15) is 0 Å². The molecule has 0 radical (unpaired) electrons. The van der Waals surface area contributed by atoms with Gasteiger partial charge in [-0.1, -0.05) is 23.7 Å². The molecular formula is C16H18ClN3O4. The molecule has 2 fully saturated rings. The number of aliphatic hydroxyl groups is 1. The molecule has 2 aliphatic rings. The molecule has 0 unspecified atom stereocenters. The summed E-state index contributed by atoms with van der Waals surface area (Å²) < 4.78 is 0. The number of carbonyl (C=O) groups is 3. The molecular weight excluding hydrogens is 334 g/mol. The highest BCUT2D eigenvalue weighted by molar-refractivity contribution is 6.33. The molecule has 2 aliphatic heterocycles. The van der Waals surface area contributed by atoms with E-state index in [9.17, 15) is 19.5 Å².